The maximum atomic E-state index is 14.6. The third-order valence-electron chi connectivity index (χ3n) is 7.11. The van der Waals surface area contributed by atoms with Crippen LogP contribution in [0.5, 0.6) is 0 Å². The third-order valence-corrected chi connectivity index (χ3v) is 7.46. The first-order valence-electron chi connectivity index (χ1n) is 12.9. The molecular formula is C28H23ClF4N6O4. The minimum atomic E-state index is -2.98. The predicted octanol–water partition coefficient (Wildman–Crippen LogP) is 4.08. The molecule has 15 heteroatoms. The van der Waals surface area contributed by atoms with Crippen LogP contribution >= 0.6 is 11.6 Å². The lowest BCUT2D eigenvalue weighted by Gasteiger charge is -2.43. The van der Waals surface area contributed by atoms with Gasteiger partial charge in [-0.2, -0.15) is 5.26 Å². The van der Waals surface area contributed by atoms with Gasteiger partial charge in [0.2, 0.25) is 0 Å². The summed E-state index contributed by atoms with van der Waals surface area (Å²) in [5, 5.41) is 31.4. The number of anilines is 2. The summed E-state index contributed by atoms with van der Waals surface area (Å²) in [6, 6.07) is 9.95. The zero-order valence-corrected chi connectivity index (χ0v) is 22.8. The van der Waals surface area contributed by atoms with E-state index >= 15 is 0 Å². The number of nitrogens with one attached hydrogen (secondary N) is 1. The Labute approximate surface area is 247 Å². The molecule has 224 valence electrons. The van der Waals surface area contributed by atoms with E-state index in [-0.39, 0.29) is 22.0 Å². The average Bonchev–Trinajstić information content (AvgIpc) is 3.24. The first-order valence-corrected chi connectivity index (χ1v) is 13.3. The number of aromatic nitrogens is 1. The summed E-state index contributed by atoms with van der Waals surface area (Å²) in [5.74, 6) is -7.31. The van der Waals surface area contributed by atoms with Gasteiger partial charge in [-0.1, -0.05) is 35.0 Å². The van der Waals surface area contributed by atoms with Gasteiger partial charge < -0.3 is 5.11 Å². The standard InChI is InChI=1S/C28H23ClF4N6O4/c29-21-4-2-1-3-20(21)25(39(43)36-18-12-28(32,33)13-18)37(19-9-16(30)8-17(31)10-19)26(41)22-11-23(40)27(42)38(22)24-7-15(14-34)5-6-35-24/h1-10,18,22-23,25,36,40,43H,11-13H2/t22-,23+,25+/m0/s1. The van der Waals surface area contributed by atoms with Crippen molar-refractivity contribution in [2.24, 2.45) is 0 Å². The summed E-state index contributed by atoms with van der Waals surface area (Å²) >= 11 is 6.44. The molecule has 3 N–H and O–H groups in total. The van der Waals surface area contributed by atoms with Gasteiger partial charge in [0.15, 0.2) is 6.17 Å². The molecule has 10 nitrogen and oxygen atoms in total. The van der Waals surface area contributed by atoms with E-state index in [9.17, 15) is 42.7 Å². The van der Waals surface area contributed by atoms with Crippen LogP contribution < -0.4 is 15.2 Å². The van der Waals surface area contributed by atoms with Crippen LogP contribution in [-0.2, 0) is 9.59 Å². The number of alkyl halides is 2. The van der Waals surface area contributed by atoms with Gasteiger partial charge in [0.25, 0.3) is 17.7 Å². The van der Waals surface area contributed by atoms with Crippen molar-refractivity contribution in [3.63, 3.8) is 0 Å². The van der Waals surface area contributed by atoms with Crippen molar-refractivity contribution in [1.29, 1.82) is 5.26 Å². The molecule has 2 amide bonds. The summed E-state index contributed by atoms with van der Waals surface area (Å²) in [4.78, 5) is 33.2. The van der Waals surface area contributed by atoms with Crippen LogP contribution in [-0.4, -0.2) is 56.4 Å². The topological polar surface area (TPSA) is 133 Å². The number of hydroxylamine groups is 1. The Hall–Kier alpha value is -4.13. The van der Waals surface area contributed by atoms with Crippen molar-refractivity contribution in [2.75, 3.05) is 9.80 Å². The minimum absolute atomic E-state index is 0.00950. The molecule has 3 aromatic rings. The Morgan fingerprint density at radius 2 is 1.84 bits per heavy atom. The Bertz CT molecular complexity index is 1580. The molecule has 1 aromatic heterocycles. The summed E-state index contributed by atoms with van der Waals surface area (Å²) < 4.78 is 56.3. The van der Waals surface area contributed by atoms with E-state index in [2.05, 4.69) is 10.4 Å². The molecule has 3 atom stereocenters. The second kappa shape index (κ2) is 11.9. The van der Waals surface area contributed by atoms with Crippen LogP contribution in [0.1, 0.15) is 36.6 Å². The third kappa shape index (κ3) is 6.17. The average molecular weight is 619 g/mol. The largest absolute Gasteiger partial charge is 0.383 e. The molecule has 0 radical (unpaired) electrons. The fourth-order valence-corrected chi connectivity index (χ4v) is 5.37. The van der Waals surface area contributed by atoms with E-state index in [1.807, 2.05) is 6.07 Å². The monoisotopic (exact) mass is 618 g/mol. The molecule has 1 saturated heterocycles. The number of carbonyl (C=O) groups excluding carboxylic acids is 2. The molecule has 1 aliphatic heterocycles. The summed E-state index contributed by atoms with van der Waals surface area (Å²) in [6.07, 6.45) is -3.97. The quantitative estimate of drug-likeness (QED) is 0.195. The number of amides is 2. The molecule has 0 spiro atoms. The summed E-state index contributed by atoms with van der Waals surface area (Å²) in [5.41, 5.74) is 2.17. The van der Waals surface area contributed by atoms with Gasteiger partial charge in [0.1, 0.15) is 29.6 Å². The van der Waals surface area contributed by atoms with Crippen LogP contribution in [0.15, 0.2) is 60.8 Å². The van der Waals surface area contributed by atoms with Crippen LogP contribution in [0.4, 0.5) is 29.1 Å². The first-order chi connectivity index (χ1) is 20.4. The van der Waals surface area contributed by atoms with Gasteiger partial charge >= 0.3 is 0 Å². The van der Waals surface area contributed by atoms with Gasteiger partial charge in [-0.25, -0.2) is 28.0 Å². The van der Waals surface area contributed by atoms with Gasteiger partial charge in [-0.05, 0) is 30.3 Å². The molecule has 1 aliphatic carbocycles. The van der Waals surface area contributed by atoms with Crippen molar-refractivity contribution in [3.05, 3.63) is 88.6 Å². The molecule has 43 heavy (non-hydrogen) atoms. The van der Waals surface area contributed by atoms with E-state index in [1.165, 1.54) is 36.5 Å². The number of benzene rings is 2. The molecule has 5 rings (SSSR count). The van der Waals surface area contributed by atoms with Crippen LogP contribution in [0.3, 0.4) is 0 Å². The SMILES string of the molecule is N#Cc1ccnc(N2C(=O)[C@H](O)C[C@H]2C(=O)N(c2cc(F)cc(F)c2)[C@@H](c2ccccc2Cl)N(O)NC2CC(F)(F)C2)c1. The van der Waals surface area contributed by atoms with Crippen molar-refractivity contribution >= 4 is 34.9 Å². The highest BCUT2D eigenvalue weighted by atomic mass is 35.5. The Kier molecular flexibility index (Phi) is 8.37. The van der Waals surface area contributed by atoms with Crippen molar-refractivity contribution < 1.29 is 37.5 Å². The van der Waals surface area contributed by atoms with Gasteiger partial charge in [0, 0.05) is 48.2 Å². The Morgan fingerprint density at radius 3 is 2.47 bits per heavy atom. The molecule has 2 heterocycles. The maximum absolute atomic E-state index is 14.6. The molecule has 0 unspecified atom stereocenters. The van der Waals surface area contributed by atoms with E-state index in [0.29, 0.717) is 11.2 Å². The highest BCUT2D eigenvalue weighted by Gasteiger charge is 2.50. The number of nitrogens with zero attached hydrogens (tertiary/aromatic N) is 5. The number of nitriles is 1. The number of halogens is 5. The molecule has 2 fully saturated rings. The van der Waals surface area contributed by atoms with Gasteiger partial charge in [-0.3, -0.25) is 24.6 Å². The van der Waals surface area contributed by atoms with Crippen molar-refractivity contribution in [1.82, 2.24) is 15.6 Å². The maximum Gasteiger partial charge on any atom is 0.257 e. The van der Waals surface area contributed by atoms with Gasteiger partial charge in [-0.15, -0.1) is 0 Å². The number of hydrogen-bond donors (Lipinski definition) is 3. The predicted molar refractivity (Wildman–Crippen MR) is 144 cm³/mol. The summed E-state index contributed by atoms with van der Waals surface area (Å²) in [7, 11) is 0. The second-order valence-electron chi connectivity index (χ2n) is 10.2. The smallest absolute Gasteiger partial charge is 0.257 e. The number of hydrazine groups is 1. The van der Waals surface area contributed by atoms with E-state index in [0.717, 1.165) is 21.9 Å². The first kappa shape index (κ1) is 30.3. The minimum Gasteiger partial charge on any atom is -0.383 e. The number of aliphatic hydroxyl groups excluding tert-OH is 1. The van der Waals surface area contributed by atoms with Crippen LogP contribution in [0, 0.1) is 23.0 Å². The zero-order chi connectivity index (χ0) is 31.1. The Morgan fingerprint density at radius 1 is 1.16 bits per heavy atom. The number of aliphatic hydroxyl groups is 1. The second-order valence-corrected chi connectivity index (χ2v) is 10.6. The number of rotatable bonds is 8. The Balaban J connectivity index is 1.64. The fourth-order valence-electron chi connectivity index (χ4n) is 5.14. The molecular weight excluding hydrogens is 596 g/mol. The fraction of sp³-hybridized carbons (Fsp3) is 0.286. The van der Waals surface area contributed by atoms with Crippen molar-refractivity contribution in [3.8, 4) is 6.07 Å². The van der Waals surface area contributed by atoms with Gasteiger partial charge in [0.05, 0.1) is 17.3 Å². The highest BCUT2D eigenvalue weighted by molar-refractivity contribution is 6.31. The molecule has 2 aromatic carbocycles. The lowest BCUT2D eigenvalue weighted by molar-refractivity contribution is -0.209. The van der Waals surface area contributed by atoms with E-state index in [1.54, 1.807) is 6.07 Å². The molecule has 0 bridgehead atoms. The zero-order valence-electron chi connectivity index (χ0n) is 22.0. The normalized spacial score (nSPS) is 20.5. The summed E-state index contributed by atoms with van der Waals surface area (Å²) in [6.45, 7) is 0. The van der Waals surface area contributed by atoms with Crippen LogP contribution in [0.2, 0.25) is 5.02 Å². The van der Waals surface area contributed by atoms with Crippen LogP contribution in [0.25, 0.3) is 0 Å². The highest BCUT2D eigenvalue weighted by Crippen LogP contribution is 2.40. The number of pyridine rings is 1. The van der Waals surface area contributed by atoms with E-state index in [4.69, 9.17) is 11.6 Å². The van der Waals surface area contributed by atoms with E-state index < -0.39 is 78.7 Å². The lowest BCUT2D eigenvalue weighted by atomic mass is 9.89. The van der Waals surface area contributed by atoms with Crippen molar-refractivity contribution in [2.45, 2.75) is 49.5 Å². The number of hydrogen-bond acceptors (Lipinski definition) is 8. The lowest BCUT2D eigenvalue weighted by Crippen LogP contribution is -2.59. The molecule has 1 saturated carbocycles. The number of carbonyl (C=O) groups is 2. The molecule has 2 aliphatic rings.